The highest BCUT2D eigenvalue weighted by Gasteiger charge is 2.37. The average molecular weight is 371 g/mol. The molecule has 0 N–H and O–H groups in total. The molecule has 1 aromatic carbocycles. The highest BCUT2D eigenvalue weighted by molar-refractivity contribution is 6.43. The lowest BCUT2D eigenvalue weighted by Gasteiger charge is -2.23. The predicted octanol–water partition coefficient (Wildman–Crippen LogP) is 2.43. The summed E-state index contributed by atoms with van der Waals surface area (Å²) >= 11 is 0. The van der Waals surface area contributed by atoms with Crippen molar-refractivity contribution in [2.45, 2.75) is 39.3 Å². The van der Waals surface area contributed by atoms with Gasteiger partial charge in [0.25, 0.3) is 11.7 Å². The molecule has 144 valence electrons. The molecule has 1 aliphatic carbocycles. The van der Waals surface area contributed by atoms with Crippen molar-refractivity contribution >= 4 is 11.7 Å². The second-order valence-corrected chi connectivity index (χ2v) is 6.84. The Labute approximate surface area is 158 Å². The number of carbonyl (C=O) groups excluding carboxylic acids is 2. The summed E-state index contributed by atoms with van der Waals surface area (Å²) in [5.41, 5.74) is 2.47. The molecule has 7 nitrogen and oxygen atoms in total. The van der Waals surface area contributed by atoms with Crippen molar-refractivity contribution in [1.29, 1.82) is 0 Å². The first-order valence-electron chi connectivity index (χ1n) is 8.93. The summed E-state index contributed by atoms with van der Waals surface area (Å²) in [6, 6.07) is 5.53. The molecule has 0 saturated heterocycles. The van der Waals surface area contributed by atoms with E-state index in [9.17, 15) is 9.59 Å². The van der Waals surface area contributed by atoms with Gasteiger partial charge in [-0.2, -0.15) is 5.10 Å². The maximum atomic E-state index is 13.1. The van der Waals surface area contributed by atoms with Crippen LogP contribution in [0.3, 0.4) is 0 Å². The molecule has 0 unspecified atom stereocenters. The van der Waals surface area contributed by atoms with E-state index in [4.69, 9.17) is 9.47 Å². The Morgan fingerprint density at radius 3 is 2.44 bits per heavy atom. The van der Waals surface area contributed by atoms with Crippen LogP contribution in [0.15, 0.2) is 18.2 Å². The third kappa shape index (κ3) is 3.67. The molecular weight excluding hydrogens is 346 g/mol. The minimum atomic E-state index is -0.508. The molecule has 1 amide bonds. The van der Waals surface area contributed by atoms with Crippen LogP contribution in [0.25, 0.3) is 0 Å². The predicted molar refractivity (Wildman–Crippen MR) is 100 cm³/mol. The van der Waals surface area contributed by atoms with Gasteiger partial charge < -0.3 is 14.4 Å². The maximum Gasteiger partial charge on any atom is 0.295 e. The normalized spacial score (nSPS) is 13.4. The number of methoxy groups -OCH3 is 2. The van der Waals surface area contributed by atoms with Gasteiger partial charge in [-0.05, 0) is 44.9 Å². The zero-order valence-corrected chi connectivity index (χ0v) is 16.4. The fourth-order valence-electron chi connectivity index (χ4n) is 3.28. The van der Waals surface area contributed by atoms with Crippen LogP contribution in [-0.4, -0.2) is 46.6 Å². The van der Waals surface area contributed by atoms with E-state index < -0.39 is 11.7 Å². The largest absolute Gasteiger partial charge is 0.497 e. The Morgan fingerprint density at radius 1 is 1.22 bits per heavy atom. The van der Waals surface area contributed by atoms with Gasteiger partial charge in [0.15, 0.2) is 0 Å². The van der Waals surface area contributed by atoms with E-state index in [0.717, 1.165) is 18.4 Å². The quantitative estimate of drug-likeness (QED) is 0.552. The zero-order valence-electron chi connectivity index (χ0n) is 16.4. The second kappa shape index (κ2) is 7.42. The van der Waals surface area contributed by atoms with Crippen molar-refractivity contribution in [3.63, 3.8) is 0 Å². The van der Waals surface area contributed by atoms with Crippen LogP contribution in [0.1, 0.15) is 40.2 Å². The molecule has 0 radical (unpaired) electrons. The van der Waals surface area contributed by atoms with E-state index in [0.29, 0.717) is 35.0 Å². The zero-order chi connectivity index (χ0) is 19.7. The third-order valence-corrected chi connectivity index (χ3v) is 5.01. The number of Topliss-reactive ketones (excluding diaryl/α,β-unsaturated/α-hetero) is 1. The lowest BCUT2D eigenvalue weighted by molar-refractivity contribution is -0.127. The monoisotopic (exact) mass is 371 g/mol. The molecule has 1 aromatic heterocycles. The molecule has 0 spiro atoms. The topological polar surface area (TPSA) is 73.7 Å². The number of hydrogen-bond donors (Lipinski definition) is 0. The second-order valence-electron chi connectivity index (χ2n) is 6.84. The highest BCUT2D eigenvalue weighted by atomic mass is 16.5. The summed E-state index contributed by atoms with van der Waals surface area (Å²) in [4.78, 5) is 27.6. The number of aryl methyl sites for hydroxylation is 2. The van der Waals surface area contributed by atoms with E-state index in [2.05, 4.69) is 5.10 Å². The standard InChI is InChI=1S/C20H25N3O4/c1-12-18(13(2)22(3)21-12)19(24)20(25)23(15-6-7-15)11-14-10-16(26-4)8-9-17(14)27-5/h8-10,15H,6-7,11H2,1-5H3. The van der Waals surface area contributed by atoms with Crippen LogP contribution in [0.4, 0.5) is 0 Å². The van der Waals surface area contributed by atoms with Gasteiger partial charge in [0.2, 0.25) is 0 Å². The number of aromatic nitrogens is 2. The molecule has 0 atom stereocenters. The van der Waals surface area contributed by atoms with Crippen LogP contribution in [0.2, 0.25) is 0 Å². The van der Waals surface area contributed by atoms with Crippen LogP contribution in [0.5, 0.6) is 11.5 Å². The van der Waals surface area contributed by atoms with Gasteiger partial charge in [0, 0.05) is 24.3 Å². The number of carbonyl (C=O) groups is 2. The number of rotatable bonds is 7. The Bertz CT molecular complexity index is 884. The number of ketones is 1. The molecule has 0 aliphatic heterocycles. The summed E-state index contributed by atoms with van der Waals surface area (Å²) in [5.74, 6) is 0.336. The number of hydrogen-bond acceptors (Lipinski definition) is 5. The summed E-state index contributed by atoms with van der Waals surface area (Å²) in [6.45, 7) is 3.85. The number of benzene rings is 1. The summed E-state index contributed by atoms with van der Waals surface area (Å²) < 4.78 is 12.3. The Balaban J connectivity index is 1.90. The number of amides is 1. The van der Waals surface area contributed by atoms with E-state index >= 15 is 0 Å². The number of ether oxygens (including phenoxy) is 2. The first-order valence-corrected chi connectivity index (χ1v) is 8.93. The minimum Gasteiger partial charge on any atom is -0.497 e. The van der Waals surface area contributed by atoms with E-state index in [1.54, 1.807) is 56.8 Å². The van der Waals surface area contributed by atoms with Crippen molar-refractivity contribution < 1.29 is 19.1 Å². The molecule has 1 aliphatic rings. The Morgan fingerprint density at radius 2 is 1.93 bits per heavy atom. The van der Waals surface area contributed by atoms with E-state index in [1.165, 1.54) is 0 Å². The van der Waals surface area contributed by atoms with Crippen molar-refractivity contribution in [3.8, 4) is 11.5 Å². The molecule has 1 saturated carbocycles. The van der Waals surface area contributed by atoms with E-state index in [1.807, 2.05) is 6.07 Å². The van der Waals surface area contributed by atoms with Crippen molar-refractivity contribution in [1.82, 2.24) is 14.7 Å². The molecule has 27 heavy (non-hydrogen) atoms. The van der Waals surface area contributed by atoms with Gasteiger partial charge in [-0.1, -0.05) is 0 Å². The average Bonchev–Trinajstić information content (AvgIpc) is 3.46. The number of nitrogens with zero attached hydrogens (tertiary/aromatic N) is 3. The molecule has 0 bridgehead atoms. The maximum absolute atomic E-state index is 13.1. The third-order valence-electron chi connectivity index (χ3n) is 5.01. The van der Waals surface area contributed by atoms with Crippen molar-refractivity contribution in [2.24, 2.45) is 7.05 Å². The first-order chi connectivity index (χ1) is 12.9. The Kier molecular flexibility index (Phi) is 5.21. The fourth-order valence-corrected chi connectivity index (χ4v) is 3.28. The van der Waals surface area contributed by atoms with Crippen LogP contribution < -0.4 is 9.47 Å². The van der Waals surface area contributed by atoms with Crippen LogP contribution in [0, 0.1) is 13.8 Å². The molecular formula is C20H25N3O4. The van der Waals surface area contributed by atoms with Gasteiger partial charge in [-0.3, -0.25) is 14.3 Å². The van der Waals surface area contributed by atoms with Gasteiger partial charge in [-0.15, -0.1) is 0 Å². The SMILES string of the molecule is COc1ccc(OC)c(CN(C(=O)C(=O)c2c(C)nn(C)c2C)C2CC2)c1. The summed E-state index contributed by atoms with van der Waals surface area (Å²) in [7, 11) is 4.94. The molecule has 3 rings (SSSR count). The van der Waals surface area contributed by atoms with Crippen LogP contribution >= 0.6 is 0 Å². The minimum absolute atomic E-state index is 0.0784. The smallest absolute Gasteiger partial charge is 0.295 e. The first kappa shape index (κ1) is 18.9. The van der Waals surface area contributed by atoms with E-state index in [-0.39, 0.29) is 6.04 Å². The molecule has 2 aromatic rings. The van der Waals surface area contributed by atoms with Gasteiger partial charge in [-0.25, -0.2) is 0 Å². The lowest BCUT2D eigenvalue weighted by atomic mass is 10.1. The van der Waals surface area contributed by atoms with Gasteiger partial charge in [0.1, 0.15) is 11.5 Å². The van der Waals surface area contributed by atoms with Gasteiger partial charge in [0.05, 0.1) is 32.0 Å². The summed E-state index contributed by atoms with van der Waals surface area (Å²) in [6.07, 6.45) is 1.80. The lowest BCUT2D eigenvalue weighted by Crippen LogP contribution is -2.38. The highest BCUT2D eigenvalue weighted by Crippen LogP contribution is 2.32. The van der Waals surface area contributed by atoms with Crippen LogP contribution in [-0.2, 0) is 18.4 Å². The summed E-state index contributed by atoms with van der Waals surface area (Å²) in [5, 5.41) is 4.26. The van der Waals surface area contributed by atoms with Crippen molar-refractivity contribution in [3.05, 3.63) is 40.7 Å². The molecule has 7 heteroatoms. The molecule has 1 fully saturated rings. The van der Waals surface area contributed by atoms with Crippen molar-refractivity contribution in [2.75, 3.05) is 14.2 Å². The Hall–Kier alpha value is -2.83. The fraction of sp³-hybridized carbons (Fsp3) is 0.450. The molecule has 1 heterocycles. The van der Waals surface area contributed by atoms with Gasteiger partial charge >= 0.3 is 0 Å².